The van der Waals surface area contributed by atoms with Gasteiger partial charge >= 0.3 is 6.03 Å². The zero-order chi connectivity index (χ0) is 11.5. The van der Waals surface area contributed by atoms with Crippen LogP contribution in [0, 0.1) is 0 Å². The molecule has 86 valence electrons. The zero-order valence-electron chi connectivity index (χ0n) is 7.82. The van der Waals surface area contributed by atoms with Crippen LogP contribution in [-0.4, -0.2) is 32.2 Å². The Morgan fingerprint density at radius 1 is 1.27 bits per heavy atom. The highest BCUT2D eigenvalue weighted by Crippen LogP contribution is 2.08. The van der Waals surface area contributed by atoms with Crippen LogP contribution in [-0.2, 0) is 13.8 Å². The standard InChI is InChI=1S/C7H11ClN2O4S/c8-15(13,14)4-2-1-3-5-6(11)10-7(12)9-5/h5H,1-4H2,(H2,9,10,11,12). The maximum atomic E-state index is 11.0. The molecule has 15 heavy (non-hydrogen) atoms. The molecule has 8 heteroatoms. The Balaban J connectivity index is 2.21. The van der Waals surface area contributed by atoms with Gasteiger partial charge in [-0.15, -0.1) is 0 Å². The summed E-state index contributed by atoms with van der Waals surface area (Å²) in [6.45, 7) is 0. The second kappa shape index (κ2) is 4.80. The van der Waals surface area contributed by atoms with Crippen molar-refractivity contribution in [1.29, 1.82) is 0 Å². The molecule has 1 saturated heterocycles. The molecule has 0 radical (unpaired) electrons. The van der Waals surface area contributed by atoms with Crippen molar-refractivity contribution in [2.24, 2.45) is 0 Å². The maximum Gasteiger partial charge on any atom is 0.322 e. The number of carbonyl (C=O) groups is 2. The number of hydrogen-bond donors (Lipinski definition) is 2. The van der Waals surface area contributed by atoms with E-state index in [4.69, 9.17) is 10.7 Å². The molecule has 0 aromatic heterocycles. The molecule has 3 amide bonds. The molecular formula is C7H11ClN2O4S. The summed E-state index contributed by atoms with van der Waals surface area (Å²) in [7, 11) is 1.54. The first-order valence-electron chi connectivity index (χ1n) is 4.42. The molecule has 0 aromatic rings. The smallest absolute Gasteiger partial charge is 0.322 e. The Labute approximate surface area is 91.8 Å². The van der Waals surface area contributed by atoms with Crippen molar-refractivity contribution >= 4 is 31.7 Å². The van der Waals surface area contributed by atoms with Gasteiger partial charge in [0.05, 0.1) is 5.75 Å². The molecule has 1 atom stereocenters. The fourth-order valence-corrected chi connectivity index (χ4v) is 2.16. The number of carbonyl (C=O) groups excluding carboxylic acids is 2. The van der Waals surface area contributed by atoms with Crippen molar-refractivity contribution in [3.05, 3.63) is 0 Å². The van der Waals surface area contributed by atoms with E-state index in [1.807, 2.05) is 0 Å². The number of amides is 3. The maximum absolute atomic E-state index is 11.0. The molecule has 0 bridgehead atoms. The number of unbranched alkanes of at least 4 members (excludes halogenated alkanes) is 1. The molecule has 1 aliphatic rings. The second-order valence-electron chi connectivity index (χ2n) is 3.25. The fourth-order valence-electron chi connectivity index (χ4n) is 1.29. The molecule has 0 aliphatic carbocycles. The molecule has 0 saturated carbocycles. The first-order chi connectivity index (χ1) is 6.88. The number of imide groups is 1. The van der Waals surface area contributed by atoms with Crippen molar-refractivity contribution < 1.29 is 18.0 Å². The predicted molar refractivity (Wildman–Crippen MR) is 54.0 cm³/mol. The summed E-state index contributed by atoms with van der Waals surface area (Å²) in [4.78, 5) is 21.7. The quantitative estimate of drug-likeness (QED) is 0.408. The number of halogens is 1. The van der Waals surface area contributed by atoms with Crippen LogP contribution in [0.15, 0.2) is 0 Å². The minimum atomic E-state index is -3.46. The normalized spacial score (nSPS) is 21.3. The van der Waals surface area contributed by atoms with Crippen LogP contribution in [0.4, 0.5) is 4.79 Å². The summed E-state index contributed by atoms with van der Waals surface area (Å²) in [5.74, 6) is -0.481. The van der Waals surface area contributed by atoms with Gasteiger partial charge in [0, 0.05) is 10.7 Å². The summed E-state index contributed by atoms with van der Waals surface area (Å²) >= 11 is 0. The number of hydrogen-bond acceptors (Lipinski definition) is 4. The van der Waals surface area contributed by atoms with E-state index >= 15 is 0 Å². The van der Waals surface area contributed by atoms with Crippen LogP contribution in [0.3, 0.4) is 0 Å². The van der Waals surface area contributed by atoms with Crippen LogP contribution >= 0.6 is 10.7 Å². The van der Waals surface area contributed by atoms with E-state index in [1.54, 1.807) is 0 Å². The lowest BCUT2D eigenvalue weighted by Crippen LogP contribution is -2.28. The van der Waals surface area contributed by atoms with E-state index < -0.39 is 21.1 Å². The largest absolute Gasteiger partial charge is 0.326 e. The van der Waals surface area contributed by atoms with E-state index in [2.05, 4.69) is 10.6 Å². The lowest BCUT2D eigenvalue weighted by Gasteiger charge is -2.05. The molecule has 1 fully saturated rings. The summed E-state index contributed by atoms with van der Waals surface area (Å²) in [6.07, 6.45) is 1.32. The molecule has 1 aliphatic heterocycles. The van der Waals surface area contributed by atoms with Gasteiger partial charge in [-0.3, -0.25) is 10.1 Å². The monoisotopic (exact) mass is 254 g/mol. The Hall–Kier alpha value is -0.820. The highest BCUT2D eigenvalue weighted by molar-refractivity contribution is 8.13. The van der Waals surface area contributed by atoms with Crippen molar-refractivity contribution in [2.45, 2.75) is 25.3 Å². The summed E-state index contributed by atoms with van der Waals surface area (Å²) in [5, 5.41) is 4.51. The van der Waals surface area contributed by atoms with E-state index in [9.17, 15) is 18.0 Å². The van der Waals surface area contributed by atoms with Crippen molar-refractivity contribution in [3.8, 4) is 0 Å². The lowest BCUT2D eigenvalue weighted by atomic mass is 10.1. The Bertz CT molecular complexity index is 367. The average molecular weight is 255 g/mol. The van der Waals surface area contributed by atoms with Gasteiger partial charge in [-0.25, -0.2) is 13.2 Å². The van der Waals surface area contributed by atoms with Crippen molar-refractivity contribution in [2.75, 3.05) is 5.75 Å². The van der Waals surface area contributed by atoms with Gasteiger partial charge < -0.3 is 5.32 Å². The minimum absolute atomic E-state index is 0.114. The zero-order valence-corrected chi connectivity index (χ0v) is 9.40. The Morgan fingerprint density at radius 2 is 1.93 bits per heavy atom. The van der Waals surface area contributed by atoms with Gasteiger partial charge in [-0.1, -0.05) is 0 Å². The van der Waals surface area contributed by atoms with Gasteiger partial charge in [-0.05, 0) is 19.3 Å². The summed E-state index contributed by atoms with van der Waals surface area (Å²) in [6, 6.07) is -1.05. The third-order valence-electron chi connectivity index (χ3n) is 1.99. The van der Waals surface area contributed by atoms with E-state index in [-0.39, 0.29) is 11.7 Å². The van der Waals surface area contributed by atoms with Gasteiger partial charge in [0.25, 0.3) is 5.91 Å². The molecule has 1 rings (SSSR count). The van der Waals surface area contributed by atoms with Crippen LogP contribution in [0.25, 0.3) is 0 Å². The van der Waals surface area contributed by atoms with Gasteiger partial charge in [0.2, 0.25) is 9.05 Å². The van der Waals surface area contributed by atoms with Gasteiger partial charge in [-0.2, -0.15) is 0 Å². The average Bonchev–Trinajstić information content (AvgIpc) is 2.37. The second-order valence-corrected chi connectivity index (χ2v) is 6.15. The Kier molecular flexibility index (Phi) is 3.92. The molecule has 6 nitrogen and oxygen atoms in total. The van der Waals surface area contributed by atoms with Gasteiger partial charge in [0.1, 0.15) is 6.04 Å². The number of nitrogens with one attached hydrogen (secondary N) is 2. The molecule has 0 spiro atoms. The SMILES string of the molecule is O=C1NC(=O)C(CCCCS(=O)(=O)Cl)N1. The first-order valence-corrected chi connectivity index (χ1v) is 6.90. The number of rotatable bonds is 5. The third-order valence-corrected chi connectivity index (χ3v) is 3.23. The summed E-state index contributed by atoms with van der Waals surface area (Å²) in [5.41, 5.74) is 0. The molecule has 2 N–H and O–H groups in total. The van der Waals surface area contributed by atoms with E-state index in [0.29, 0.717) is 19.3 Å². The first kappa shape index (κ1) is 12.3. The fraction of sp³-hybridized carbons (Fsp3) is 0.714. The van der Waals surface area contributed by atoms with Crippen molar-refractivity contribution in [1.82, 2.24) is 10.6 Å². The van der Waals surface area contributed by atoms with Crippen LogP contribution in [0.2, 0.25) is 0 Å². The highest BCUT2D eigenvalue weighted by Gasteiger charge is 2.28. The minimum Gasteiger partial charge on any atom is -0.326 e. The lowest BCUT2D eigenvalue weighted by molar-refractivity contribution is -0.120. The molecule has 1 heterocycles. The topological polar surface area (TPSA) is 92.3 Å². The van der Waals surface area contributed by atoms with Crippen LogP contribution in [0.5, 0.6) is 0 Å². The van der Waals surface area contributed by atoms with Gasteiger partial charge in [0.15, 0.2) is 0 Å². The van der Waals surface area contributed by atoms with E-state index in [0.717, 1.165) is 0 Å². The Morgan fingerprint density at radius 3 is 2.40 bits per heavy atom. The highest BCUT2D eigenvalue weighted by atomic mass is 35.7. The molecular weight excluding hydrogens is 244 g/mol. The van der Waals surface area contributed by atoms with Crippen molar-refractivity contribution in [3.63, 3.8) is 0 Å². The van der Waals surface area contributed by atoms with Crippen LogP contribution in [0.1, 0.15) is 19.3 Å². The third kappa shape index (κ3) is 4.48. The number of urea groups is 1. The predicted octanol–water partition coefficient (Wildman–Crippen LogP) is -0.0667. The molecule has 0 aromatic carbocycles. The van der Waals surface area contributed by atoms with E-state index in [1.165, 1.54) is 0 Å². The summed E-state index contributed by atoms with van der Waals surface area (Å²) < 4.78 is 21.1. The molecule has 1 unspecified atom stereocenters. The van der Waals surface area contributed by atoms with Crippen LogP contribution < -0.4 is 10.6 Å².